The molecule has 0 bridgehead atoms. The van der Waals surface area contributed by atoms with Crippen LogP contribution in [0.2, 0.25) is 0 Å². The van der Waals surface area contributed by atoms with Crippen LogP contribution in [0, 0.1) is 0 Å². The van der Waals surface area contributed by atoms with Gasteiger partial charge < -0.3 is 14.8 Å². The molecule has 0 fully saturated rings. The van der Waals surface area contributed by atoms with Crippen LogP contribution in [0.4, 0.5) is 5.69 Å². The van der Waals surface area contributed by atoms with Gasteiger partial charge in [0.25, 0.3) is 10.1 Å². The Hall–Kier alpha value is -1.47. The summed E-state index contributed by atoms with van der Waals surface area (Å²) in [5.41, 5.74) is 0.765. The summed E-state index contributed by atoms with van der Waals surface area (Å²) in [5.74, 6) is 1.03. The average Bonchev–Trinajstić information content (AvgIpc) is 2.33. The Labute approximate surface area is 107 Å². The van der Waals surface area contributed by atoms with E-state index < -0.39 is 10.1 Å². The lowest BCUT2D eigenvalue weighted by molar-refractivity contribution is 0.394. The lowest BCUT2D eigenvalue weighted by Gasteiger charge is -2.10. The third-order valence-electron chi connectivity index (χ3n) is 2.26. The van der Waals surface area contributed by atoms with Gasteiger partial charge >= 0.3 is 0 Å². The largest absolute Gasteiger partial charge is 0.497 e. The molecular weight excluding hydrogens is 258 g/mol. The number of methoxy groups -OCH3 is 2. The SMILES string of the molecule is COc1cc(NCCCS(=O)(=O)O)cc(OC)c1. The summed E-state index contributed by atoms with van der Waals surface area (Å²) in [6.07, 6.45) is 0.318. The van der Waals surface area contributed by atoms with Crippen LogP contribution in [0.5, 0.6) is 11.5 Å². The monoisotopic (exact) mass is 275 g/mol. The van der Waals surface area contributed by atoms with Crippen LogP contribution in [-0.2, 0) is 10.1 Å². The summed E-state index contributed by atoms with van der Waals surface area (Å²) < 4.78 is 39.9. The van der Waals surface area contributed by atoms with Crippen molar-refractivity contribution >= 4 is 15.8 Å². The van der Waals surface area contributed by atoms with E-state index in [4.69, 9.17) is 14.0 Å². The number of ether oxygens (including phenoxy) is 2. The van der Waals surface area contributed by atoms with Crippen molar-refractivity contribution < 1.29 is 22.4 Å². The molecule has 0 unspecified atom stereocenters. The number of nitrogens with one attached hydrogen (secondary N) is 1. The molecule has 1 aromatic carbocycles. The van der Waals surface area contributed by atoms with Crippen molar-refractivity contribution in [1.82, 2.24) is 0 Å². The second-order valence-electron chi connectivity index (χ2n) is 3.67. The first-order chi connectivity index (χ1) is 8.44. The maximum atomic E-state index is 10.5. The van der Waals surface area contributed by atoms with Crippen molar-refractivity contribution in [2.45, 2.75) is 6.42 Å². The highest BCUT2D eigenvalue weighted by molar-refractivity contribution is 7.85. The fourth-order valence-corrected chi connectivity index (χ4v) is 1.91. The Morgan fingerprint density at radius 3 is 2.17 bits per heavy atom. The Morgan fingerprint density at radius 2 is 1.72 bits per heavy atom. The van der Waals surface area contributed by atoms with E-state index >= 15 is 0 Å². The van der Waals surface area contributed by atoms with Gasteiger partial charge in [-0.2, -0.15) is 8.42 Å². The molecule has 0 amide bonds. The number of benzene rings is 1. The summed E-state index contributed by atoms with van der Waals surface area (Å²) in [4.78, 5) is 0. The number of hydrogen-bond donors (Lipinski definition) is 2. The molecule has 0 aliphatic rings. The van der Waals surface area contributed by atoms with Gasteiger partial charge in [0.1, 0.15) is 11.5 Å². The minimum absolute atomic E-state index is 0.263. The highest BCUT2D eigenvalue weighted by atomic mass is 32.2. The molecule has 0 spiro atoms. The van der Waals surface area contributed by atoms with E-state index in [0.717, 1.165) is 5.69 Å². The standard InChI is InChI=1S/C11H17NO5S/c1-16-10-6-9(7-11(8-10)17-2)12-4-3-5-18(13,14)15/h6-8,12H,3-5H2,1-2H3,(H,13,14,15). The zero-order chi connectivity index (χ0) is 13.6. The molecule has 0 aliphatic heterocycles. The Bertz CT molecular complexity index is 464. The van der Waals surface area contributed by atoms with Crippen molar-refractivity contribution in [3.05, 3.63) is 18.2 Å². The van der Waals surface area contributed by atoms with Gasteiger partial charge in [-0.05, 0) is 6.42 Å². The normalized spacial score (nSPS) is 11.1. The smallest absolute Gasteiger partial charge is 0.264 e. The van der Waals surface area contributed by atoms with Crippen LogP contribution < -0.4 is 14.8 Å². The molecule has 102 valence electrons. The highest BCUT2D eigenvalue weighted by Crippen LogP contribution is 2.25. The van der Waals surface area contributed by atoms with Crippen molar-refractivity contribution in [3.8, 4) is 11.5 Å². The summed E-state index contributed by atoms with van der Waals surface area (Å²) in [5, 5.41) is 3.03. The van der Waals surface area contributed by atoms with E-state index in [1.807, 2.05) is 0 Å². The van der Waals surface area contributed by atoms with Gasteiger partial charge in [-0.3, -0.25) is 4.55 Å². The summed E-state index contributed by atoms with van der Waals surface area (Å²) in [7, 11) is -0.789. The number of rotatable bonds is 7. The zero-order valence-electron chi connectivity index (χ0n) is 10.3. The van der Waals surface area contributed by atoms with Crippen LogP contribution in [0.3, 0.4) is 0 Å². The molecule has 18 heavy (non-hydrogen) atoms. The topological polar surface area (TPSA) is 84.9 Å². The first kappa shape index (κ1) is 14.6. The van der Waals surface area contributed by atoms with Gasteiger partial charge in [0.15, 0.2) is 0 Å². The molecule has 0 saturated heterocycles. The fourth-order valence-electron chi connectivity index (χ4n) is 1.40. The van der Waals surface area contributed by atoms with E-state index in [1.165, 1.54) is 0 Å². The third-order valence-corrected chi connectivity index (χ3v) is 3.06. The first-order valence-corrected chi connectivity index (χ1v) is 6.97. The van der Waals surface area contributed by atoms with Crippen molar-refractivity contribution in [2.24, 2.45) is 0 Å². The molecule has 1 aromatic rings. The molecule has 2 N–H and O–H groups in total. The molecule has 7 heteroatoms. The molecule has 0 radical (unpaired) electrons. The van der Waals surface area contributed by atoms with E-state index in [9.17, 15) is 8.42 Å². The minimum Gasteiger partial charge on any atom is -0.497 e. The molecule has 0 saturated carbocycles. The second kappa shape index (κ2) is 6.46. The lowest BCUT2D eigenvalue weighted by atomic mass is 10.2. The fraction of sp³-hybridized carbons (Fsp3) is 0.455. The lowest BCUT2D eigenvalue weighted by Crippen LogP contribution is -2.10. The highest BCUT2D eigenvalue weighted by Gasteiger charge is 2.04. The first-order valence-electron chi connectivity index (χ1n) is 5.36. The van der Waals surface area contributed by atoms with Crippen LogP contribution >= 0.6 is 0 Å². The van der Waals surface area contributed by atoms with E-state index in [1.54, 1.807) is 32.4 Å². The van der Waals surface area contributed by atoms with Gasteiger partial charge in [0, 0.05) is 30.4 Å². The Morgan fingerprint density at radius 1 is 1.17 bits per heavy atom. The van der Waals surface area contributed by atoms with Crippen molar-refractivity contribution in [2.75, 3.05) is 31.8 Å². The van der Waals surface area contributed by atoms with Crippen molar-refractivity contribution in [1.29, 1.82) is 0 Å². The maximum absolute atomic E-state index is 10.5. The minimum atomic E-state index is -3.89. The summed E-state index contributed by atoms with van der Waals surface area (Å²) in [6.45, 7) is 0.427. The molecule has 0 atom stereocenters. The van der Waals surface area contributed by atoms with Gasteiger partial charge in [0.2, 0.25) is 0 Å². The molecule has 0 heterocycles. The third kappa shape index (κ3) is 5.24. The molecule has 1 rings (SSSR count). The molecule has 6 nitrogen and oxygen atoms in total. The average molecular weight is 275 g/mol. The van der Waals surface area contributed by atoms with Crippen molar-refractivity contribution in [3.63, 3.8) is 0 Å². The number of hydrogen-bond acceptors (Lipinski definition) is 5. The molecule has 0 aliphatic carbocycles. The Balaban J connectivity index is 2.56. The Kier molecular flexibility index (Phi) is 5.24. The van der Waals surface area contributed by atoms with Crippen LogP contribution in [0.1, 0.15) is 6.42 Å². The van der Waals surface area contributed by atoms with Gasteiger partial charge in [-0.15, -0.1) is 0 Å². The molecule has 0 aromatic heterocycles. The predicted molar refractivity (Wildman–Crippen MR) is 69.1 cm³/mol. The second-order valence-corrected chi connectivity index (χ2v) is 5.24. The van der Waals surface area contributed by atoms with Crippen LogP contribution in [0.25, 0.3) is 0 Å². The van der Waals surface area contributed by atoms with E-state index in [2.05, 4.69) is 5.32 Å². The predicted octanol–water partition coefficient (Wildman–Crippen LogP) is 1.39. The van der Waals surface area contributed by atoms with Crippen LogP contribution in [-0.4, -0.2) is 39.5 Å². The zero-order valence-corrected chi connectivity index (χ0v) is 11.2. The summed E-state index contributed by atoms with van der Waals surface area (Å²) in [6, 6.07) is 5.29. The number of anilines is 1. The summed E-state index contributed by atoms with van der Waals surface area (Å²) >= 11 is 0. The quantitative estimate of drug-likeness (QED) is 0.578. The van der Waals surface area contributed by atoms with E-state index in [-0.39, 0.29) is 5.75 Å². The van der Waals surface area contributed by atoms with Gasteiger partial charge in [-0.1, -0.05) is 0 Å². The molecular formula is C11H17NO5S. The van der Waals surface area contributed by atoms with Crippen LogP contribution in [0.15, 0.2) is 18.2 Å². The maximum Gasteiger partial charge on any atom is 0.264 e. The van der Waals surface area contributed by atoms with Gasteiger partial charge in [-0.25, -0.2) is 0 Å². The van der Waals surface area contributed by atoms with Gasteiger partial charge in [0.05, 0.1) is 20.0 Å². The van der Waals surface area contributed by atoms with E-state index in [0.29, 0.717) is 24.5 Å².